The highest BCUT2D eigenvalue weighted by Gasteiger charge is 2.39. The lowest BCUT2D eigenvalue weighted by Gasteiger charge is -2.32. The maximum Gasteiger partial charge on any atom is 0.530 e. The van der Waals surface area contributed by atoms with Crippen molar-refractivity contribution >= 4 is 90.5 Å². The average molecular weight is 1240 g/mol. The van der Waals surface area contributed by atoms with E-state index in [1.807, 2.05) is 103 Å². The summed E-state index contributed by atoms with van der Waals surface area (Å²) in [6.45, 7) is 25.8. The third-order valence-electron chi connectivity index (χ3n) is 16.2. The maximum atomic E-state index is 7.43. The SMILES string of the molecule is COc1cc(-c2cc(OC)cc(C(C)(C)C)c2OP2Oc3cccc4cc5cccc(Op6oc7c(C(C)(C)C)cc(OC)cc7c7cc(OC)cc(C(C)(C)C)c7o6)c5c(c34)O2)c(OP2Oc3cccc4cc5ccccc5c(c34)O2)c(C(C)(C)C)c1. The highest BCUT2D eigenvalue weighted by Crippen LogP contribution is 2.62. The Bertz CT molecular complexity index is 4590. The largest absolute Gasteiger partial charge is 0.530 e. The van der Waals surface area contributed by atoms with Gasteiger partial charge in [0.25, 0.3) is 0 Å². The summed E-state index contributed by atoms with van der Waals surface area (Å²) >= 11 is 0. The van der Waals surface area contributed by atoms with Crippen molar-refractivity contribution in [1.82, 2.24) is 0 Å². The highest BCUT2D eigenvalue weighted by atomic mass is 31.2. The number of rotatable bonds is 11. The molecule has 452 valence electrons. The molecule has 11 aromatic rings. The van der Waals surface area contributed by atoms with Crippen LogP contribution >= 0.6 is 25.4 Å². The van der Waals surface area contributed by atoms with Crippen molar-refractivity contribution in [2.24, 2.45) is 0 Å². The summed E-state index contributed by atoms with van der Waals surface area (Å²) in [7, 11) is 0.0552. The fourth-order valence-corrected chi connectivity index (χ4v) is 15.1. The Hall–Kier alpha value is -8.20. The molecule has 0 bridgehead atoms. The van der Waals surface area contributed by atoms with Crippen molar-refractivity contribution in [1.29, 1.82) is 0 Å². The van der Waals surface area contributed by atoms with Gasteiger partial charge in [0, 0.05) is 49.5 Å². The summed E-state index contributed by atoms with van der Waals surface area (Å²) in [5, 5.41) is 8.70. The minimum Gasteiger partial charge on any atom is -0.497 e. The minimum absolute atomic E-state index is 0.385. The van der Waals surface area contributed by atoms with Crippen LogP contribution in [0.5, 0.6) is 63.2 Å². The van der Waals surface area contributed by atoms with Crippen LogP contribution < -0.4 is 50.6 Å². The van der Waals surface area contributed by atoms with Crippen molar-refractivity contribution in [2.75, 3.05) is 28.4 Å². The van der Waals surface area contributed by atoms with Gasteiger partial charge in [-0.1, -0.05) is 144 Å². The van der Waals surface area contributed by atoms with E-state index in [0.29, 0.717) is 90.9 Å². The monoisotopic (exact) mass is 1240 g/mol. The summed E-state index contributed by atoms with van der Waals surface area (Å²) in [4.78, 5) is 0. The van der Waals surface area contributed by atoms with Gasteiger partial charge in [-0.15, -0.1) is 0 Å². The van der Waals surface area contributed by atoms with Crippen molar-refractivity contribution in [2.45, 2.75) is 105 Å². The van der Waals surface area contributed by atoms with Gasteiger partial charge in [-0.05, 0) is 122 Å². The Morgan fingerprint density at radius 3 is 1.22 bits per heavy atom. The summed E-state index contributed by atoms with van der Waals surface area (Å²) in [6, 6.07) is 46.4. The fourth-order valence-electron chi connectivity index (χ4n) is 11.7. The molecule has 10 aromatic carbocycles. The Morgan fingerprint density at radius 2 is 0.739 bits per heavy atom. The number of hydrogen-bond acceptors (Lipinski definition) is 13. The van der Waals surface area contributed by atoms with Gasteiger partial charge in [0.05, 0.1) is 44.6 Å². The lowest BCUT2D eigenvalue weighted by atomic mass is 9.81. The van der Waals surface area contributed by atoms with Crippen molar-refractivity contribution < 1.29 is 59.0 Å². The number of ether oxygens (including phenoxy) is 4. The van der Waals surface area contributed by atoms with Crippen molar-refractivity contribution in [3.63, 3.8) is 0 Å². The minimum atomic E-state index is -2.29. The summed E-state index contributed by atoms with van der Waals surface area (Å²) in [6.07, 6.45) is 0. The van der Waals surface area contributed by atoms with Gasteiger partial charge < -0.3 is 59.0 Å². The number of benzene rings is 10. The Labute approximate surface area is 516 Å². The summed E-state index contributed by atoms with van der Waals surface area (Å²) < 4.78 is 88.3. The second-order valence-corrected chi connectivity index (χ2v) is 29.4. The zero-order valence-electron chi connectivity index (χ0n) is 52.4. The first-order valence-corrected chi connectivity index (χ1v) is 32.5. The van der Waals surface area contributed by atoms with Gasteiger partial charge in [0.2, 0.25) is 0 Å². The number of fused-ring (bicyclic) bond motifs is 7. The first kappa shape index (κ1) is 58.8. The Balaban J connectivity index is 0.975. The number of methoxy groups -OCH3 is 4. The third kappa shape index (κ3) is 10.5. The van der Waals surface area contributed by atoms with Crippen LogP contribution in [0, 0.1) is 0 Å². The van der Waals surface area contributed by atoms with Gasteiger partial charge >= 0.3 is 25.4 Å². The molecule has 0 N–H and O–H groups in total. The van der Waals surface area contributed by atoms with Gasteiger partial charge in [0.15, 0.2) is 5.75 Å². The van der Waals surface area contributed by atoms with E-state index in [9.17, 15) is 0 Å². The average Bonchev–Trinajstić information content (AvgIpc) is 0.954. The van der Waals surface area contributed by atoms with Gasteiger partial charge in [0.1, 0.15) is 68.7 Å². The van der Waals surface area contributed by atoms with Gasteiger partial charge in [-0.2, -0.15) is 0 Å². The molecular formula is C72H71O13P3. The van der Waals surface area contributed by atoms with Gasteiger partial charge in [-0.25, -0.2) is 0 Å². The predicted octanol–water partition coefficient (Wildman–Crippen LogP) is 21.8. The first-order valence-electron chi connectivity index (χ1n) is 29.3. The second-order valence-electron chi connectivity index (χ2n) is 26.4. The van der Waals surface area contributed by atoms with Crippen LogP contribution in [-0.2, 0) is 21.7 Å². The van der Waals surface area contributed by atoms with E-state index in [2.05, 4.69) is 119 Å². The third-order valence-corrected chi connectivity index (χ3v) is 19.2. The molecule has 0 amide bonds. The fraction of sp³-hybridized carbons (Fsp3) is 0.278. The molecule has 0 saturated heterocycles. The maximum absolute atomic E-state index is 7.43. The smallest absolute Gasteiger partial charge is 0.497 e. The molecule has 2 atom stereocenters. The predicted molar refractivity (Wildman–Crippen MR) is 356 cm³/mol. The molecule has 2 aliphatic heterocycles. The van der Waals surface area contributed by atoms with E-state index in [1.54, 1.807) is 28.4 Å². The van der Waals surface area contributed by atoms with Crippen molar-refractivity contribution in [3.8, 4) is 74.4 Å². The van der Waals surface area contributed by atoms with Crippen LogP contribution in [0.15, 0.2) is 148 Å². The van der Waals surface area contributed by atoms with E-state index in [4.69, 9.17) is 59.0 Å². The zero-order chi connectivity index (χ0) is 61.9. The van der Waals surface area contributed by atoms with Crippen LogP contribution in [0.4, 0.5) is 0 Å². The second kappa shape index (κ2) is 21.8. The topological polar surface area (TPSA) is 128 Å². The van der Waals surface area contributed by atoms with Crippen molar-refractivity contribution in [3.05, 3.63) is 162 Å². The molecule has 2 unspecified atom stereocenters. The molecule has 13 nitrogen and oxygen atoms in total. The van der Waals surface area contributed by atoms with Gasteiger partial charge in [-0.3, -0.25) is 0 Å². The summed E-state index contributed by atoms with van der Waals surface area (Å²) in [5.41, 5.74) is 4.26. The number of hydrogen-bond donors (Lipinski definition) is 0. The van der Waals surface area contributed by atoms with E-state index in [-0.39, 0.29) is 10.8 Å². The standard InChI is InChI=1S/C72H71O13P3/c1-69(2,3)53-36-44(73-13)32-49-50-33-45(74-14)37-54(70(4,5)6)64(50)81-86(80-63(49)53)78-58-28-20-24-42-31-43-25-21-29-59-62(43)68(61(42)58)85-88(79-59)83-66-52(35-47(76-16)39-56(66)72(10,11)12)51-34-46(75-15)38-55(71(7,8)9)65(51)82-87-77-57-27-19-23-41-30-40-22-17-18-26-48(40)67(84-87)60(41)57/h17-39H,1-16H3. The molecule has 0 aliphatic carbocycles. The van der Waals surface area contributed by atoms with Crippen LogP contribution in [0.2, 0.25) is 0 Å². The Kier molecular flexibility index (Phi) is 14.6. The molecule has 0 radical (unpaired) electrons. The quantitative estimate of drug-likeness (QED) is 0.0901. The van der Waals surface area contributed by atoms with Crippen LogP contribution in [-0.4, -0.2) is 28.4 Å². The highest BCUT2D eigenvalue weighted by molar-refractivity contribution is 7.43. The molecule has 16 heteroatoms. The van der Waals surface area contributed by atoms with Crippen LogP contribution in [0.25, 0.3) is 76.2 Å². The first-order chi connectivity index (χ1) is 41.9. The van der Waals surface area contributed by atoms with Crippen LogP contribution in [0.3, 0.4) is 0 Å². The lowest BCUT2D eigenvalue weighted by Crippen LogP contribution is -2.17. The normalized spacial score (nSPS) is 15.0. The molecule has 2 aliphatic rings. The molecule has 13 rings (SSSR count). The Morgan fingerprint density at radius 1 is 0.341 bits per heavy atom. The molecule has 3 heterocycles. The van der Waals surface area contributed by atoms with E-state index >= 15 is 0 Å². The molecule has 1 aromatic heterocycles. The molecule has 88 heavy (non-hydrogen) atoms. The summed E-state index contributed by atoms with van der Waals surface area (Å²) in [5.74, 6) is 6.53. The van der Waals surface area contributed by atoms with E-state index in [1.165, 1.54) is 0 Å². The molecule has 0 spiro atoms. The lowest BCUT2D eigenvalue weighted by molar-refractivity contribution is 0.372. The van der Waals surface area contributed by atoms with E-state index in [0.717, 1.165) is 70.7 Å². The van der Waals surface area contributed by atoms with E-state index < -0.39 is 36.3 Å². The molecule has 0 fully saturated rings. The molecular weight excluding hydrogens is 1170 g/mol. The zero-order valence-corrected chi connectivity index (χ0v) is 55.1. The van der Waals surface area contributed by atoms with Crippen LogP contribution in [0.1, 0.15) is 105 Å². The molecule has 0 saturated carbocycles.